The van der Waals surface area contributed by atoms with E-state index in [4.69, 9.17) is 9.47 Å². The molecule has 1 spiro atoms. The molecule has 4 aliphatic carbocycles. The minimum absolute atomic E-state index is 0.303. The molecule has 3 aromatic carbocycles. The van der Waals surface area contributed by atoms with Crippen LogP contribution in [0.4, 0.5) is 0 Å². The Bertz CT molecular complexity index is 1900. The number of carboxylic acid groups (broad SMARTS) is 2. The van der Waals surface area contributed by atoms with E-state index >= 15 is 0 Å². The monoisotopic (exact) mass is 578 g/mol. The number of fused-ring (bicyclic) bond motifs is 2. The topological polar surface area (TPSA) is 127 Å². The number of ether oxygens (including phenoxy) is 2. The molecule has 2 fully saturated rings. The lowest BCUT2D eigenvalue weighted by Gasteiger charge is -2.38. The van der Waals surface area contributed by atoms with Gasteiger partial charge in [0, 0.05) is 33.4 Å². The predicted octanol–water partition coefficient (Wildman–Crippen LogP) is 5.41. The van der Waals surface area contributed by atoms with Crippen LogP contribution in [0.25, 0.3) is 21.5 Å². The van der Waals surface area contributed by atoms with Crippen molar-refractivity contribution >= 4 is 45.4 Å². The van der Waals surface area contributed by atoms with E-state index in [2.05, 4.69) is 0 Å². The summed E-state index contributed by atoms with van der Waals surface area (Å²) in [5.74, 6) is -9.75. The first-order chi connectivity index (χ1) is 20.6. The molecule has 9 rings (SSSR count). The normalized spacial score (nSPS) is 35.2. The fourth-order valence-corrected chi connectivity index (χ4v) is 10.2. The van der Waals surface area contributed by atoms with Gasteiger partial charge in [0.1, 0.15) is 11.5 Å². The molecule has 8 nitrogen and oxygen atoms in total. The second kappa shape index (κ2) is 8.56. The second-order valence-electron chi connectivity index (χ2n) is 12.8. The number of rotatable bonds is 3. The molecule has 2 N–H and O–H groups in total. The Morgan fingerprint density at radius 1 is 0.744 bits per heavy atom. The van der Waals surface area contributed by atoms with Crippen LogP contribution in [0, 0.1) is 52.8 Å². The largest absolute Gasteiger partial charge is 0.481 e. The molecule has 6 aliphatic rings. The summed E-state index contributed by atoms with van der Waals surface area (Å²) in [4.78, 5) is 55.0. The van der Waals surface area contributed by atoms with Crippen LogP contribution < -0.4 is 9.47 Å². The maximum Gasteiger partial charge on any atom is 0.315 e. The van der Waals surface area contributed by atoms with E-state index in [1.165, 1.54) is 0 Å². The number of carbonyl (C=O) groups is 4. The average Bonchev–Trinajstić information content (AvgIpc) is 3.64. The van der Waals surface area contributed by atoms with Crippen LogP contribution in [-0.4, -0.2) is 34.1 Å². The van der Waals surface area contributed by atoms with Crippen molar-refractivity contribution in [2.24, 2.45) is 52.8 Å². The molecule has 8 heteroatoms. The molecule has 9 atom stereocenters. The van der Waals surface area contributed by atoms with Gasteiger partial charge in [-0.3, -0.25) is 19.2 Å². The Labute approximate surface area is 247 Å². The van der Waals surface area contributed by atoms with E-state index in [0.717, 1.165) is 16.7 Å². The van der Waals surface area contributed by atoms with Gasteiger partial charge in [-0.1, -0.05) is 72.7 Å². The third kappa shape index (κ3) is 2.96. The van der Waals surface area contributed by atoms with Crippen LogP contribution >= 0.6 is 0 Å². The SMILES string of the molecule is CCc1cccc2c3c4ccccc4c(c12)OC(=O)C1C(C(=O)O)C2C(C)=CC1C21C2C=C(C)C1C(C(=O)O)C2C(=O)O3. The van der Waals surface area contributed by atoms with Crippen molar-refractivity contribution in [2.45, 2.75) is 27.2 Å². The van der Waals surface area contributed by atoms with Gasteiger partial charge in [-0.25, -0.2) is 0 Å². The minimum atomic E-state index is -1.12. The number of aryl methyl sites for hydroxylation is 1. The van der Waals surface area contributed by atoms with Gasteiger partial charge in [-0.15, -0.1) is 0 Å². The molecule has 0 amide bonds. The van der Waals surface area contributed by atoms with Gasteiger partial charge in [0.25, 0.3) is 0 Å². The van der Waals surface area contributed by atoms with Gasteiger partial charge in [-0.05, 0) is 43.1 Å². The van der Waals surface area contributed by atoms with Crippen molar-refractivity contribution in [2.75, 3.05) is 0 Å². The van der Waals surface area contributed by atoms with Crippen LogP contribution in [0.3, 0.4) is 0 Å². The van der Waals surface area contributed by atoms with E-state index in [-0.39, 0.29) is 0 Å². The van der Waals surface area contributed by atoms with Crippen molar-refractivity contribution in [3.63, 3.8) is 0 Å². The summed E-state index contributed by atoms with van der Waals surface area (Å²) >= 11 is 0. The number of hydrogen-bond acceptors (Lipinski definition) is 6. The smallest absolute Gasteiger partial charge is 0.315 e. The lowest BCUT2D eigenvalue weighted by molar-refractivity contribution is -0.152. The molecule has 43 heavy (non-hydrogen) atoms. The number of carboxylic acids is 2. The van der Waals surface area contributed by atoms with Crippen molar-refractivity contribution in [1.29, 1.82) is 0 Å². The second-order valence-corrected chi connectivity index (χ2v) is 12.8. The van der Waals surface area contributed by atoms with E-state index in [1.807, 2.05) is 51.1 Å². The van der Waals surface area contributed by atoms with E-state index in [1.54, 1.807) is 24.3 Å². The Morgan fingerprint density at radius 3 is 1.74 bits per heavy atom. The molecular weight excluding hydrogens is 548 g/mol. The maximum absolute atomic E-state index is 14.5. The highest BCUT2D eigenvalue weighted by atomic mass is 16.5. The Kier molecular flexibility index (Phi) is 5.21. The third-order valence-corrected chi connectivity index (χ3v) is 11.3. The summed E-state index contributed by atoms with van der Waals surface area (Å²) < 4.78 is 12.7. The molecule has 2 aliphatic heterocycles. The molecule has 9 bridgehead atoms. The van der Waals surface area contributed by atoms with Gasteiger partial charge < -0.3 is 19.7 Å². The van der Waals surface area contributed by atoms with Gasteiger partial charge in [-0.2, -0.15) is 0 Å². The summed E-state index contributed by atoms with van der Waals surface area (Å²) in [7, 11) is 0. The van der Waals surface area contributed by atoms with Gasteiger partial charge in [0.15, 0.2) is 0 Å². The zero-order valence-electron chi connectivity index (χ0n) is 23.9. The Hall–Kier alpha value is -4.46. The van der Waals surface area contributed by atoms with Crippen LogP contribution in [0.1, 0.15) is 26.3 Å². The number of esters is 2. The molecule has 0 saturated heterocycles. The Balaban J connectivity index is 1.49. The molecule has 9 unspecified atom stereocenters. The highest BCUT2D eigenvalue weighted by molar-refractivity contribution is 6.14. The van der Waals surface area contributed by atoms with Gasteiger partial charge in [0.05, 0.1) is 23.7 Å². The van der Waals surface area contributed by atoms with Gasteiger partial charge in [0.2, 0.25) is 0 Å². The highest BCUT2D eigenvalue weighted by Gasteiger charge is 2.80. The summed E-state index contributed by atoms with van der Waals surface area (Å²) in [6, 6.07) is 12.8. The first kappa shape index (κ1) is 26.2. The van der Waals surface area contributed by atoms with E-state index < -0.39 is 76.6 Å². The van der Waals surface area contributed by atoms with Crippen LogP contribution in [-0.2, 0) is 25.6 Å². The molecule has 218 valence electrons. The number of hydrogen-bond donors (Lipinski definition) is 2. The van der Waals surface area contributed by atoms with Gasteiger partial charge >= 0.3 is 23.9 Å². The lowest BCUT2D eigenvalue weighted by atomic mass is 9.63. The summed E-state index contributed by atoms with van der Waals surface area (Å²) in [6.07, 6.45) is 4.50. The molecule has 0 radical (unpaired) electrons. The summed E-state index contributed by atoms with van der Waals surface area (Å²) in [5.41, 5.74) is 1.55. The number of benzene rings is 3. The van der Waals surface area contributed by atoms with Crippen molar-refractivity contribution in [3.05, 3.63) is 71.3 Å². The minimum Gasteiger partial charge on any atom is -0.481 e. The summed E-state index contributed by atoms with van der Waals surface area (Å²) in [5, 5.41) is 23.6. The molecule has 2 heterocycles. The van der Waals surface area contributed by atoms with Crippen LogP contribution in [0.2, 0.25) is 0 Å². The average molecular weight is 579 g/mol. The first-order valence-electron chi connectivity index (χ1n) is 14.8. The number of aliphatic carboxylic acids is 2. The van der Waals surface area contributed by atoms with Crippen LogP contribution in [0.5, 0.6) is 11.5 Å². The molecular formula is C35H30O8. The molecule has 2 saturated carbocycles. The standard InChI is InChI=1S/C35H30O8/c1-4-16-8-7-11-19-22(16)30-18-10-6-5-9-17(18)29(19)42-33(40)23-20-12-14(2)27(25(23)31(36)37)35(20)21-13-15(3)28(35)26(32(38)39)24(21)34(41)43-30/h5-13,20-21,23-28H,4H2,1-3H3,(H,36,37)(H,38,39). The van der Waals surface area contributed by atoms with Crippen LogP contribution in [0.15, 0.2) is 65.8 Å². The number of allylic oxidation sites excluding steroid dienone is 4. The highest BCUT2D eigenvalue weighted by Crippen LogP contribution is 2.78. The zero-order valence-corrected chi connectivity index (χ0v) is 23.9. The van der Waals surface area contributed by atoms with Crippen molar-refractivity contribution < 1.29 is 38.9 Å². The zero-order chi connectivity index (χ0) is 30.1. The molecule has 3 aromatic rings. The number of carbonyl (C=O) groups excluding carboxylic acids is 2. The van der Waals surface area contributed by atoms with E-state index in [0.29, 0.717) is 39.5 Å². The summed E-state index contributed by atoms with van der Waals surface area (Å²) in [6.45, 7) is 5.69. The Morgan fingerprint density at radius 2 is 1.23 bits per heavy atom. The maximum atomic E-state index is 14.5. The first-order valence-corrected chi connectivity index (χ1v) is 14.8. The van der Waals surface area contributed by atoms with E-state index in [9.17, 15) is 29.4 Å². The van der Waals surface area contributed by atoms with Crippen molar-refractivity contribution in [3.8, 4) is 11.5 Å². The third-order valence-electron chi connectivity index (χ3n) is 11.3. The fourth-order valence-electron chi connectivity index (χ4n) is 10.2. The molecule has 0 aromatic heterocycles. The predicted molar refractivity (Wildman–Crippen MR) is 155 cm³/mol. The fraction of sp³-hybridized carbons (Fsp3) is 0.371. The quantitative estimate of drug-likeness (QED) is 0.183. The lowest BCUT2D eigenvalue weighted by Crippen LogP contribution is -2.39. The van der Waals surface area contributed by atoms with Crippen molar-refractivity contribution in [1.82, 2.24) is 0 Å².